The molecule has 3 nitrogen and oxygen atoms in total. The number of aromatic nitrogens is 3. The Hall–Kier alpha value is -1.87. The fourth-order valence-corrected chi connectivity index (χ4v) is 2.87. The van der Waals surface area contributed by atoms with Crippen molar-refractivity contribution in [1.29, 1.82) is 0 Å². The zero-order valence-corrected chi connectivity index (χ0v) is 13.0. The Morgan fingerprint density at radius 1 is 1.24 bits per heavy atom. The van der Waals surface area contributed by atoms with E-state index in [1.807, 2.05) is 31.3 Å². The van der Waals surface area contributed by atoms with Crippen LogP contribution in [0, 0.1) is 6.92 Å². The first kappa shape index (κ1) is 14.1. The number of rotatable bonds is 4. The van der Waals surface area contributed by atoms with Gasteiger partial charge in [-0.3, -0.25) is 4.98 Å². The highest BCUT2D eigenvalue weighted by atomic mass is 35.5. The minimum absolute atomic E-state index is 0.106. The lowest BCUT2D eigenvalue weighted by atomic mass is 10.2. The van der Waals surface area contributed by atoms with E-state index in [0.29, 0.717) is 0 Å². The van der Waals surface area contributed by atoms with Gasteiger partial charge in [-0.2, -0.15) is 0 Å². The molecule has 0 aliphatic heterocycles. The van der Waals surface area contributed by atoms with E-state index >= 15 is 0 Å². The van der Waals surface area contributed by atoms with E-state index in [1.54, 1.807) is 6.20 Å². The summed E-state index contributed by atoms with van der Waals surface area (Å²) in [5, 5.41) is -0.106. The molecule has 0 aliphatic rings. The van der Waals surface area contributed by atoms with Crippen molar-refractivity contribution < 1.29 is 0 Å². The number of nitrogens with zero attached hydrogens (tertiary/aromatic N) is 3. The predicted octanol–water partition coefficient (Wildman–Crippen LogP) is 4.28. The highest BCUT2D eigenvalue weighted by molar-refractivity contribution is 6.20. The average Bonchev–Trinajstić information content (AvgIpc) is 2.86. The monoisotopic (exact) mass is 299 g/mol. The molecule has 0 saturated heterocycles. The number of pyridine rings is 1. The predicted molar refractivity (Wildman–Crippen MR) is 86.7 cm³/mol. The van der Waals surface area contributed by atoms with Crippen molar-refractivity contribution in [3.63, 3.8) is 0 Å². The lowest BCUT2D eigenvalue weighted by Crippen LogP contribution is -2.07. The summed E-state index contributed by atoms with van der Waals surface area (Å²) in [5.41, 5.74) is 4.66. The number of fused-ring (bicyclic) bond motifs is 1. The van der Waals surface area contributed by atoms with Gasteiger partial charge >= 0.3 is 0 Å². The molecule has 0 aliphatic carbocycles. The number of aryl methyl sites for hydroxylation is 3. The molecule has 2 heterocycles. The Labute approximate surface area is 129 Å². The van der Waals surface area contributed by atoms with Crippen LogP contribution in [0.2, 0.25) is 0 Å². The van der Waals surface area contributed by atoms with Gasteiger partial charge < -0.3 is 4.57 Å². The maximum absolute atomic E-state index is 6.32. The van der Waals surface area contributed by atoms with Crippen LogP contribution in [0.15, 0.2) is 42.7 Å². The Morgan fingerprint density at radius 2 is 2.10 bits per heavy atom. The molecular formula is C17H18ClN3. The van der Waals surface area contributed by atoms with E-state index in [-0.39, 0.29) is 5.38 Å². The van der Waals surface area contributed by atoms with Gasteiger partial charge in [0.1, 0.15) is 5.82 Å². The normalized spacial score (nSPS) is 12.7. The molecular weight excluding hydrogens is 282 g/mol. The second-order valence-electron chi connectivity index (χ2n) is 5.29. The maximum atomic E-state index is 6.32. The molecule has 2 aromatic heterocycles. The highest BCUT2D eigenvalue weighted by Gasteiger charge is 2.16. The van der Waals surface area contributed by atoms with E-state index in [9.17, 15) is 0 Å². The number of halogens is 1. The van der Waals surface area contributed by atoms with E-state index in [0.717, 1.165) is 24.3 Å². The van der Waals surface area contributed by atoms with Crippen molar-refractivity contribution in [3.05, 3.63) is 59.7 Å². The second-order valence-corrected chi connectivity index (χ2v) is 5.95. The lowest BCUT2D eigenvalue weighted by Gasteiger charge is -2.11. The van der Waals surface area contributed by atoms with Gasteiger partial charge in [0.25, 0.3) is 0 Å². The van der Waals surface area contributed by atoms with Gasteiger partial charge in [0.15, 0.2) is 0 Å². The Balaban J connectivity index is 2.01. The molecule has 108 valence electrons. The maximum Gasteiger partial charge on any atom is 0.127 e. The van der Waals surface area contributed by atoms with E-state index in [2.05, 4.69) is 28.6 Å². The van der Waals surface area contributed by atoms with Crippen LogP contribution in [-0.2, 0) is 13.0 Å². The summed E-state index contributed by atoms with van der Waals surface area (Å²) >= 11 is 6.32. The van der Waals surface area contributed by atoms with Gasteiger partial charge in [-0.25, -0.2) is 4.98 Å². The topological polar surface area (TPSA) is 30.7 Å². The molecule has 0 spiro atoms. The van der Waals surface area contributed by atoms with Crippen molar-refractivity contribution in [2.75, 3.05) is 0 Å². The summed E-state index contributed by atoms with van der Waals surface area (Å²) in [6.07, 6.45) is 4.63. The fraction of sp³-hybridized carbons (Fsp3) is 0.294. The van der Waals surface area contributed by atoms with Gasteiger partial charge in [-0.15, -0.1) is 11.6 Å². The van der Waals surface area contributed by atoms with E-state index in [1.165, 1.54) is 16.6 Å². The van der Waals surface area contributed by atoms with Crippen LogP contribution in [-0.4, -0.2) is 14.5 Å². The standard InChI is InChI=1S/C17H18ClN3/c1-12-5-3-7-15-16(12)21(17(20-15)13(2)18)10-8-14-6-4-9-19-11-14/h3-7,9,11,13H,8,10H2,1-2H3. The summed E-state index contributed by atoms with van der Waals surface area (Å²) in [6.45, 7) is 4.95. The first-order valence-electron chi connectivity index (χ1n) is 7.15. The summed E-state index contributed by atoms with van der Waals surface area (Å²) in [5.74, 6) is 0.935. The SMILES string of the molecule is Cc1cccc2nc(C(C)Cl)n(CCc3cccnc3)c12. The number of hydrogen-bond acceptors (Lipinski definition) is 2. The first-order valence-corrected chi connectivity index (χ1v) is 7.59. The van der Waals surface area contributed by atoms with Crippen molar-refractivity contribution in [2.45, 2.75) is 32.2 Å². The summed E-state index contributed by atoms with van der Waals surface area (Å²) in [7, 11) is 0. The van der Waals surface area contributed by atoms with Gasteiger partial charge in [0.2, 0.25) is 0 Å². The third-order valence-corrected chi connectivity index (χ3v) is 3.90. The largest absolute Gasteiger partial charge is 0.326 e. The number of para-hydroxylation sites is 1. The van der Waals surface area contributed by atoms with Crippen molar-refractivity contribution >= 4 is 22.6 Å². The molecule has 0 fully saturated rings. The number of hydrogen-bond donors (Lipinski definition) is 0. The van der Waals surface area contributed by atoms with Crippen molar-refractivity contribution in [3.8, 4) is 0 Å². The number of alkyl halides is 1. The van der Waals surface area contributed by atoms with Gasteiger partial charge in [0.05, 0.1) is 16.4 Å². The zero-order valence-electron chi connectivity index (χ0n) is 12.3. The van der Waals surface area contributed by atoms with Gasteiger partial charge in [-0.05, 0) is 43.5 Å². The van der Waals surface area contributed by atoms with Crippen LogP contribution in [0.1, 0.15) is 29.3 Å². The van der Waals surface area contributed by atoms with E-state index in [4.69, 9.17) is 16.6 Å². The molecule has 3 aromatic rings. The smallest absolute Gasteiger partial charge is 0.127 e. The molecule has 0 radical (unpaired) electrons. The lowest BCUT2D eigenvalue weighted by molar-refractivity contribution is 0.666. The molecule has 1 atom stereocenters. The summed E-state index contributed by atoms with van der Waals surface area (Å²) < 4.78 is 2.25. The second kappa shape index (κ2) is 5.86. The quantitative estimate of drug-likeness (QED) is 0.673. The number of imidazole rings is 1. The molecule has 0 bridgehead atoms. The van der Waals surface area contributed by atoms with Crippen LogP contribution >= 0.6 is 11.6 Å². The van der Waals surface area contributed by atoms with Crippen molar-refractivity contribution in [1.82, 2.24) is 14.5 Å². The summed E-state index contributed by atoms with van der Waals surface area (Å²) in [6, 6.07) is 10.3. The highest BCUT2D eigenvalue weighted by Crippen LogP contribution is 2.26. The third-order valence-electron chi connectivity index (χ3n) is 3.70. The fourth-order valence-electron chi connectivity index (χ4n) is 2.70. The van der Waals surface area contributed by atoms with Crippen LogP contribution in [0.3, 0.4) is 0 Å². The Bertz CT molecular complexity index is 747. The van der Waals surface area contributed by atoms with Crippen LogP contribution < -0.4 is 0 Å². The van der Waals surface area contributed by atoms with Crippen LogP contribution in [0.5, 0.6) is 0 Å². The minimum Gasteiger partial charge on any atom is -0.326 e. The molecule has 0 saturated carbocycles. The number of benzene rings is 1. The minimum atomic E-state index is -0.106. The molecule has 0 amide bonds. The molecule has 1 aromatic carbocycles. The van der Waals surface area contributed by atoms with Gasteiger partial charge in [-0.1, -0.05) is 18.2 Å². The molecule has 21 heavy (non-hydrogen) atoms. The summed E-state index contributed by atoms with van der Waals surface area (Å²) in [4.78, 5) is 8.87. The third kappa shape index (κ3) is 2.79. The van der Waals surface area contributed by atoms with Crippen molar-refractivity contribution in [2.24, 2.45) is 0 Å². The van der Waals surface area contributed by atoms with Crippen LogP contribution in [0.25, 0.3) is 11.0 Å². The van der Waals surface area contributed by atoms with Crippen LogP contribution in [0.4, 0.5) is 0 Å². The molecule has 0 N–H and O–H groups in total. The first-order chi connectivity index (χ1) is 10.2. The Kier molecular flexibility index (Phi) is 3.93. The molecule has 3 rings (SSSR count). The molecule has 1 unspecified atom stereocenters. The zero-order chi connectivity index (χ0) is 14.8. The van der Waals surface area contributed by atoms with E-state index < -0.39 is 0 Å². The average molecular weight is 300 g/mol. The molecule has 4 heteroatoms. The van der Waals surface area contributed by atoms with Gasteiger partial charge in [0, 0.05) is 18.9 Å². The Morgan fingerprint density at radius 3 is 2.81 bits per heavy atom.